The SMILES string of the molecule is CC(C)[C@H]1CCN(C(=O)[C@@H](NC(=O)N[C@H](CN(C)S(C)=O)C(C)(C)C)C2(C)CCCCC2)[C@@H]1C(=O)NC(CC1CC1)C(=O)C(N)=O. The molecule has 12 nitrogen and oxygen atoms in total. The third-order valence-electron chi connectivity index (χ3n) is 10.4. The van der Waals surface area contributed by atoms with Crippen molar-refractivity contribution < 1.29 is 28.2 Å². The van der Waals surface area contributed by atoms with Crippen LogP contribution in [0.15, 0.2) is 0 Å². The van der Waals surface area contributed by atoms with Gasteiger partial charge in [-0.3, -0.25) is 19.2 Å². The number of hydrogen-bond donors (Lipinski definition) is 4. The molecule has 3 rings (SSSR count). The summed E-state index contributed by atoms with van der Waals surface area (Å²) in [6, 6.07) is -3.62. The zero-order valence-corrected chi connectivity index (χ0v) is 30.0. The molecular formula is C33H58N6O6S. The van der Waals surface area contributed by atoms with Crippen LogP contribution in [0.4, 0.5) is 4.79 Å². The van der Waals surface area contributed by atoms with Crippen molar-refractivity contribution >= 4 is 40.5 Å². The van der Waals surface area contributed by atoms with Crippen molar-refractivity contribution in [3.63, 3.8) is 0 Å². The van der Waals surface area contributed by atoms with E-state index in [4.69, 9.17) is 5.73 Å². The summed E-state index contributed by atoms with van der Waals surface area (Å²) in [5, 5.41) is 8.90. The summed E-state index contributed by atoms with van der Waals surface area (Å²) in [5.41, 5.74) is 4.44. The lowest BCUT2D eigenvalue weighted by Crippen LogP contribution is -2.63. The molecular weight excluding hydrogens is 608 g/mol. The summed E-state index contributed by atoms with van der Waals surface area (Å²) >= 11 is 0. The van der Waals surface area contributed by atoms with Gasteiger partial charge in [-0.1, -0.05) is 73.6 Å². The van der Waals surface area contributed by atoms with Crippen molar-refractivity contribution in [1.29, 1.82) is 0 Å². The molecule has 13 heteroatoms. The second-order valence-electron chi connectivity index (χ2n) is 15.6. The molecule has 1 aliphatic heterocycles. The van der Waals surface area contributed by atoms with E-state index >= 15 is 0 Å². The number of nitrogens with zero attached hydrogens (tertiary/aromatic N) is 2. The number of carbonyl (C=O) groups excluding carboxylic acids is 5. The summed E-state index contributed by atoms with van der Waals surface area (Å²) in [5.74, 6) is -2.55. The number of hydrogen-bond acceptors (Lipinski definition) is 6. The van der Waals surface area contributed by atoms with E-state index in [1.807, 2.05) is 41.5 Å². The molecule has 46 heavy (non-hydrogen) atoms. The van der Waals surface area contributed by atoms with Crippen LogP contribution in [0, 0.1) is 28.6 Å². The number of likely N-dealkylation sites (N-methyl/N-ethyl adjacent to an activating group) is 1. The highest BCUT2D eigenvalue weighted by Crippen LogP contribution is 2.41. The third-order valence-corrected chi connectivity index (χ3v) is 11.5. The van der Waals surface area contributed by atoms with E-state index in [0.717, 1.165) is 44.9 Å². The molecule has 1 heterocycles. The molecule has 2 saturated carbocycles. The molecule has 0 spiro atoms. The maximum Gasteiger partial charge on any atom is 0.315 e. The lowest BCUT2D eigenvalue weighted by Gasteiger charge is -2.43. The highest BCUT2D eigenvalue weighted by molar-refractivity contribution is 7.81. The van der Waals surface area contributed by atoms with E-state index in [-0.39, 0.29) is 35.1 Å². The van der Waals surface area contributed by atoms with E-state index in [9.17, 15) is 28.2 Å². The number of rotatable bonds is 14. The molecule has 3 aliphatic rings. The van der Waals surface area contributed by atoms with Crippen molar-refractivity contribution in [3.05, 3.63) is 0 Å². The fourth-order valence-corrected chi connectivity index (χ4v) is 7.38. The average Bonchev–Trinajstić information content (AvgIpc) is 3.67. The summed E-state index contributed by atoms with van der Waals surface area (Å²) in [7, 11) is 0.515. The fraction of sp³-hybridized carbons (Fsp3) is 0.848. The minimum atomic E-state index is -1.22. The van der Waals surface area contributed by atoms with Crippen molar-refractivity contribution in [3.8, 4) is 0 Å². The molecule has 0 aromatic carbocycles. The van der Waals surface area contributed by atoms with E-state index in [2.05, 4.69) is 16.0 Å². The van der Waals surface area contributed by atoms with Crippen molar-refractivity contribution in [2.24, 2.45) is 34.3 Å². The Kier molecular flexibility index (Phi) is 12.8. The third kappa shape index (κ3) is 9.74. The van der Waals surface area contributed by atoms with E-state index in [0.29, 0.717) is 25.9 Å². The zero-order chi connectivity index (χ0) is 34.6. The number of nitrogens with two attached hydrogens (primary N) is 1. The molecule has 0 aromatic rings. The molecule has 5 amide bonds. The van der Waals surface area contributed by atoms with Gasteiger partial charge in [0.2, 0.25) is 17.6 Å². The Morgan fingerprint density at radius 3 is 2.11 bits per heavy atom. The quantitative estimate of drug-likeness (QED) is 0.208. The number of likely N-dealkylation sites (tertiary alicyclic amines) is 1. The Labute approximate surface area is 277 Å². The summed E-state index contributed by atoms with van der Waals surface area (Å²) in [6.45, 7) is 12.7. The highest BCUT2D eigenvalue weighted by Gasteiger charge is 2.50. The summed E-state index contributed by atoms with van der Waals surface area (Å²) < 4.78 is 13.8. The van der Waals surface area contributed by atoms with Crippen molar-refractivity contribution in [1.82, 2.24) is 25.2 Å². The molecule has 1 saturated heterocycles. The zero-order valence-electron chi connectivity index (χ0n) is 29.1. The predicted molar refractivity (Wildman–Crippen MR) is 179 cm³/mol. The number of amides is 5. The molecule has 3 fully saturated rings. The first-order chi connectivity index (χ1) is 21.4. The molecule has 262 valence electrons. The fourth-order valence-electron chi connectivity index (χ4n) is 7.02. The molecule has 0 radical (unpaired) electrons. The normalized spacial score (nSPS) is 24.2. The van der Waals surface area contributed by atoms with E-state index in [1.165, 1.54) is 0 Å². The number of nitrogens with one attached hydrogen (secondary N) is 3. The highest BCUT2D eigenvalue weighted by atomic mass is 32.2. The van der Waals surface area contributed by atoms with Gasteiger partial charge in [-0.25, -0.2) is 13.3 Å². The largest absolute Gasteiger partial charge is 0.363 e. The second kappa shape index (κ2) is 15.6. The van der Waals surface area contributed by atoms with Crippen LogP contribution in [0.25, 0.3) is 0 Å². The van der Waals surface area contributed by atoms with Crippen LogP contribution in [-0.4, -0.2) is 93.5 Å². The Balaban J connectivity index is 1.90. The van der Waals surface area contributed by atoms with E-state index < -0.39 is 58.2 Å². The molecule has 5 N–H and O–H groups in total. The van der Waals surface area contributed by atoms with Gasteiger partial charge < -0.3 is 26.6 Å². The summed E-state index contributed by atoms with van der Waals surface area (Å²) in [6.07, 6.45) is 8.79. The number of Topliss-reactive ketones (excluding diaryl/α,β-unsaturated/α-hetero) is 1. The van der Waals surface area contributed by atoms with Crippen LogP contribution < -0.4 is 21.7 Å². The maximum atomic E-state index is 14.6. The summed E-state index contributed by atoms with van der Waals surface area (Å²) in [4.78, 5) is 68.4. The number of urea groups is 1. The van der Waals surface area contributed by atoms with Gasteiger partial charge in [0.15, 0.2) is 0 Å². The second-order valence-corrected chi connectivity index (χ2v) is 17.0. The van der Waals surface area contributed by atoms with Gasteiger partial charge >= 0.3 is 6.03 Å². The molecule has 0 bridgehead atoms. The van der Waals surface area contributed by atoms with E-state index in [1.54, 1.807) is 22.5 Å². The smallest absolute Gasteiger partial charge is 0.315 e. The van der Waals surface area contributed by atoms with Crippen LogP contribution in [0.3, 0.4) is 0 Å². The lowest BCUT2D eigenvalue weighted by atomic mass is 9.70. The molecule has 6 atom stereocenters. The maximum absolute atomic E-state index is 14.6. The molecule has 0 aromatic heterocycles. The Bertz CT molecular complexity index is 1160. The molecule has 2 aliphatic carbocycles. The average molecular weight is 667 g/mol. The van der Waals surface area contributed by atoms with Gasteiger partial charge in [0.05, 0.1) is 17.0 Å². The Hall–Kier alpha value is -2.54. The van der Waals surface area contributed by atoms with Crippen LogP contribution in [0.2, 0.25) is 0 Å². The first-order valence-electron chi connectivity index (χ1n) is 16.9. The van der Waals surface area contributed by atoms with Gasteiger partial charge in [0, 0.05) is 25.4 Å². The van der Waals surface area contributed by atoms with Crippen molar-refractivity contribution in [2.75, 3.05) is 26.4 Å². The van der Waals surface area contributed by atoms with Crippen LogP contribution in [0.1, 0.15) is 99.3 Å². The van der Waals surface area contributed by atoms with Gasteiger partial charge in [-0.2, -0.15) is 0 Å². The molecule has 2 unspecified atom stereocenters. The van der Waals surface area contributed by atoms with Crippen molar-refractivity contribution in [2.45, 2.75) is 123 Å². The standard InChI is InChI=1S/C33H58N6O6S/c1-20(2)22-14-17-39(25(22)29(42)35-23(18-21-12-13-21)26(40)28(34)41)30(43)27(33(6)15-10-9-11-16-33)37-31(44)36-24(32(3,4)5)19-38(7)46(8)45/h20-25,27H,9-19H2,1-8H3,(H2,34,41)(H,35,42)(H2,36,37,44)/t22-,23?,24-,25+,27-,46?/m1/s1. The topological polar surface area (TPSA) is 171 Å². The monoisotopic (exact) mass is 666 g/mol. The van der Waals surface area contributed by atoms with Crippen LogP contribution >= 0.6 is 0 Å². The van der Waals surface area contributed by atoms with Gasteiger partial charge in [0.1, 0.15) is 12.1 Å². The first kappa shape index (κ1) is 37.9. The minimum absolute atomic E-state index is 0.0656. The number of carbonyl (C=O) groups is 5. The number of ketones is 1. The number of primary amides is 1. The Morgan fingerprint density at radius 2 is 1.61 bits per heavy atom. The predicted octanol–water partition coefficient (Wildman–Crippen LogP) is 2.48. The Morgan fingerprint density at radius 1 is 1.00 bits per heavy atom. The van der Waals surface area contributed by atoms with Gasteiger partial charge in [0.25, 0.3) is 5.91 Å². The van der Waals surface area contributed by atoms with Crippen LogP contribution in [0.5, 0.6) is 0 Å². The van der Waals surface area contributed by atoms with Crippen LogP contribution in [-0.2, 0) is 30.2 Å². The van der Waals surface area contributed by atoms with Gasteiger partial charge in [-0.05, 0) is 61.3 Å². The van der Waals surface area contributed by atoms with Gasteiger partial charge in [-0.15, -0.1) is 0 Å². The first-order valence-corrected chi connectivity index (χ1v) is 18.4. The minimum Gasteiger partial charge on any atom is -0.363 e. The lowest BCUT2D eigenvalue weighted by molar-refractivity contribution is -0.145.